The lowest BCUT2D eigenvalue weighted by atomic mass is 10.1. The maximum absolute atomic E-state index is 10.8. The standard InChI is InChI=1S/C10H9N3O4/c1-17-9-3-6(7-4-11-12-5-7)2-8(10(9)14)13(15)16/h2-5,14H,1H3,(H,11,12). The van der Waals surface area contributed by atoms with Crippen molar-refractivity contribution in [2.24, 2.45) is 0 Å². The van der Waals surface area contributed by atoms with Gasteiger partial charge in [0.25, 0.3) is 0 Å². The number of aromatic nitrogens is 2. The number of ether oxygens (including phenoxy) is 1. The lowest BCUT2D eigenvalue weighted by Crippen LogP contribution is -1.93. The zero-order valence-electron chi connectivity index (χ0n) is 8.88. The van der Waals surface area contributed by atoms with E-state index in [1.54, 1.807) is 6.20 Å². The van der Waals surface area contributed by atoms with E-state index in [4.69, 9.17) is 4.74 Å². The van der Waals surface area contributed by atoms with Crippen molar-refractivity contribution >= 4 is 5.69 Å². The lowest BCUT2D eigenvalue weighted by molar-refractivity contribution is -0.385. The number of benzene rings is 1. The number of nitro benzene ring substituents is 1. The summed E-state index contributed by atoms with van der Waals surface area (Å²) in [7, 11) is 1.33. The SMILES string of the molecule is COc1cc(-c2cn[nH]c2)cc([N+](=O)[O-])c1O. The summed E-state index contributed by atoms with van der Waals surface area (Å²) in [5, 5.41) is 26.7. The van der Waals surface area contributed by atoms with E-state index in [1.165, 1.54) is 25.4 Å². The summed E-state index contributed by atoms with van der Waals surface area (Å²) < 4.78 is 4.89. The minimum Gasteiger partial charge on any atom is -0.500 e. The first-order valence-corrected chi connectivity index (χ1v) is 4.68. The van der Waals surface area contributed by atoms with Gasteiger partial charge < -0.3 is 9.84 Å². The fourth-order valence-corrected chi connectivity index (χ4v) is 1.46. The highest BCUT2D eigenvalue weighted by Crippen LogP contribution is 2.39. The van der Waals surface area contributed by atoms with E-state index < -0.39 is 16.4 Å². The molecule has 0 aliphatic rings. The van der Waals surface area contributed by atoms with Gasteiger partial charge in [-0.3, -0.25) is 15.2 Å². The van der Waals surface area contributed by atoms with E-state index in [2.05, 4.69) is 10.2 Å². The maximum Gasteiger partial charge on any atom is 0.315 e. The Morgan fingerprint density at radius 2 is 2.24 bits per heavy atom. The van der Waals surface area contributed by atoms with Crippen molar-refractivity contribution in [1.82, 2.24) is 10.2 Å². The second-order valence-corrected chi connectivity index (χ2v) is 3.29. The van der Waals surface area contributed by atoms with Crippen LogP contribution in [0.4, 0.5) is 5.69 Å². The molecule has 0 radical (unpaired) electrons. The molecule has 88 valence electrons. The number of hydrogen-bond acceptors (Lipinski definition) is 5. The minimum atomic E-state index is -0.665. The monoisotopic (exact) mass is 235 g/mol. The van der Waals surface area contributed by atoms with Gasteiger partial charge in [0.15, 0.2) is 5.75 Å². The number of hydrogen-bond donors (Lipinski definition) is 2. The van der Waals surface area contributed by atoms with E-state index >= 15 is 0 Å². The van der Waals surface area contributed by atoms with Crippen molar-refractivity contribution in [3.05, 3.63) is 34.6 Å². The molecule has 17 heavy (non-hydrogen) atoms. The smallest absolute Gasteiger partial charge is 0.315 e. The summed E-state index contributed by atoms with van der Waals surface area (Å²) in [6.45, 7) is 0. The third-order valence-corrected chi connectivity index (χ3v) is 2.30. The fraction of sp³-hybridized carbons (Fsp3) is 0.100. The summed E-state index contributed by atoms with van der Waals surface area (Å²) in [5.74, 6) is -0.430. The van der Waals surface area contributed by atoms with Crippen LogP contribution < -0.4 is 4.74 Å². The van der Waals surface area contributed by atoms with Gasteiger partial charge in [0, 0.05) is 17.8 Å². The number of nitrogens with zero attached hydrogens (tertiary/aromatic N) is 2. The highest BCUT2D eigenvalue weighted by Gasteiger charge is 2.20. The van der Waals surface area contributed by atoms with Gasteiger partial charge in [-0.15, -0.1) is 0 Å². The van der Waals surface area contributed by atoms with Crippen molar-refractivity contribution < 1.29 is 14.8 Å². The Balaban J connectivity index is 2.63. The second kappa shape index (κ2) is 4.12. The van der Waals surface area contributed by atoms with Crippen LogP contribution in [0.15, 0.2) is 24.5 Å². The molecule has 2 aromatic rings. The molecule has 0 unspecified atom stereocenters. The molecule has 7 heteroatoms. The van der Waals surface area contributed by atoms with Crippen LogP contribution in [0.5, 0.6) is 11.5 Å². The topological polar surface area (TPSA) is 101 Å². The molecule has 0 spiro atoms. The molecule has 2 rings (SSSR count). The number of aromatic hydroxyl groups is 1. The van der Waals surface area contributed by atoms with Crippen LogP contribution in [-0.2, 0) is 0 Å². The summed E-state index contributed by atoms with van der Waals surface area (Å²) >= 11 is 0. The Kier molecular flexibility index (Phi) is 2.65. The first kappa shape index (κ1) is 10.9. The first-order valence-electron chi connectivity index (χ1n) is 4.68. The zero-order valence-corrected chi connectivity index (χ0v) is 8.88. The number of phenols is 1. The van der Waals surface area contributed by atoms with Crippen molar-refractivity contribution in [3.63, 3.8) is 0 Å². The predicted molar refractivity (Wildman–Crippen MR) is 58.9 cm³/mol. The molecule has 0 atom stereocenters. The van der Waals surface area contributed by atoms with Crippen LogP contribution in [-0.4, -0.2) is 27.3 Å². The van der Waals surface area contributed by atoms with Gasteiger partial charge in [0.1, 0.15) is 0 Å². The van der Waals surface area contributed by atoms with Gasteiger partial charge in [0.2, 0.25) is 5.75 Å². The third-order valence-electron chi connectivity index (χ3n) is 2.30. The number of rotatable bonds is 3. The summed E-state index contributed by atoms with van der Waals surface area (Å²) in [6, 6.07) is 2.77. The number of phenolic OH excluding ortho intramolecular Hbond substituents is 1. The fourth-order valence-electron chi connectivity index (χ4n) is 1.46. The Morgan fingerprint density at radius 1 is 1.47 bits per heavy atom. The van der Waals surface area contributed by atoms with E-state index in [9.17, 15) is 15.2 Å². The van der Waals surface area contributed by atoms with Crippen molar-refractivity contribution in [2.75, 3.05) is 7.11 Å². The van der Waals surface area contributed by atoms with Crippen LogP contribution >= 0.6 is 0 Å². The van der Waals surface area contributed by atoms with Crippen molar-refractivity contribution in [3.8, 4) is 22.6 Å². The molecule has 0 bridgehead atoms. The van der Waals surface area contributed by atoms with Crippen LogP contribution in [0.25, 0.3) is 11.1 Å². The average Bonchev–Trinajstić information content (AvgIpc) is 2.82. The Labute approximate surface area is 95.8 Å². The minimum absolute atomic E-state index is 0.0513. The highest BCUT2D eigenvalue weighted by molar-refractivity contribution is 5.71. The van der Waals surface area contributed by atoms with Crippen LogP contribution in [0.1, 0.15) is 0 Å². The molecule has 0 aliphatic carbocycles. The van der Waals surface area contributed by atoms with Gasteiger partial charge >= 0.3 is 5.69 Å². The Hall–Kier alpha value is -2.57. The normalized spacial score (nSPS) is 10.2. The Bertz CT molecular complexity index is 551. The summed E-state index contributed by atoms with van der Waals surface area (Å²) in [4.78, 5) is 10.1. The quantitative estimate of drug-likeness (QED) is 0.622. The summed E-state index contributed by atoms with van der Waals surface area (Å²) in [6.07, 6.45) is 3.12. The number of nitro groups is 1. The first-order chi connectivity index (χ1) is 8.13. The van der Waals surface area contributed by atoms with Gasteiger partial charge in [-0.05, 0) is 11.6 Å². The Morgan fingerprint density at radius 3 is 2.76 bits per heavy atom. The molecule has 0 saturated heterocycles. The van der Waals surface area contributed by atoms with Gasteiger partial charge in [0.05, 0.1) is 18.2 Å². The van der Waals surface area contributed by atoms with Gasteiger partial charge in [-0.1, -0.05) is 0 Å². The molecule has 0 saturated carbocycles. The summed E-state index contributed by atoms with van der Waals surface area (Å²) in [5.41, 5.74) is 0.812. The molecule has 0 fully saturated rings. The predicted octanol–water partition coefficient (Wildman–Crippen LogP) is 1.70. The van der Waals surface area contributed by atoms with Crippen molar-refractivity contribution in [2.45, 2.75) is 0 Å². The third kappa shape index (κ3) is 1.89. The molecule has 0 aliphatic heterocycles. The van der Waals surface area contributed by atoms with E-state index in [1.807, 2.05) is 0 Å². The van der Waals surface area contributed by atoms with Crippen molar-refractivity contribution in [1.29, 1.82) is 0 Å². The molecule has 0 amide bonds. The van der Waals surface area contributed by atoms with Gasteiger partial charge in [-0.25, -0.2) is 0 Å². The number of methoxy groups -OCH3 is 1. The molecule has 7 nitrogen and oxygen atoms in total. The second-order valence-electron chi connectivity index (χ2n) is 3.29. The number of aromatic amines is 1. The maximum atomic E-state index is 10.8. The molecule has 1 aromatic heterocycles. The number of nitrogens with one attached hydrogen (secondary N) is 1. The van der Waals surface area contributed by atoms with E-state index in [0.29, 0.717) is 11.1 Å². The van der Waals surface area contributed by atoms with E-state index in [-0.39, 0.29) is 5.75 Å². The molecular formula is C10H9N3O4. The average molecular weight is 235 g/mol. The lowest BCUT2D eigenvalue weighted by Gasteiger charge is -2.06. The highest BCUT2D eigenvalue weighted by atomic mass is 16.6. The van der Waals surface area contributed by atoms with Crippen LogP contribution in [0.3, 0.4) is 0 Å². The largest absolute Gasteiger partial charge is 0.500 e. The van der Waals surface area contributed by atoms with Crippen LogP contribution in [0, 0.1) is 10.1 Å². The van der Waals surface area contributed by atoms with Crippen LogP contribution in [0.2, 0.25) is 0 Å². The molecule has 1 heterocycles. The van der Waals surface area contributed by atoms with E-state index in [0.717, 1.165) is 0 Å². The molecule has 2 N–H and O–H groups in total. The molecular weight excluding hydrogens is 226 g/mol. The zero-order chi connectivity index (χ0) is 12.4. The number of H-pyrrole nitrogens is 1. The van der Waals surface area contributed by atoms with Gasteiger partial charge in [-0.2, -0.15) is 5.10 Å². The molecule has 1 aromatic carbocycles.